The molecule has 11 nitrogen and oxygen atoms in total. The fraction of sp³-hybridized carbons (Fsp3) is 0.281. The summed E-state index contributed by atoms with van der Waals surface area (Å²) in [6, 6.07) is 17.6. The van der Waals surface area contributed by atoms with Crippen molar-refractivity contribution in [2.24, 2.45) is 4.99 Å². The summed E-state index contributed by atoms with van der Waals surface area (Å²) in [7, 11) is 3.83. The predicted molar refractivity (Wildman–Crippen MR) is 174 cm³/mol. The standard InChI is InChI=1S/C32H32F3N7O4S/c1-19(2)26-15-12-24(40(4)5)16-27(26)42-28(43)17-47-31(42)37-30(44)39-46-20(3)21-6-8-22(9-7-21)29-36-18-41(38-29)23-10-13-25(14-11-23)45-32(33,34)35/h6-16,18-20H,17H2,1-5H3,(H,39,44)/b37-31-. The maximum Gasteiger partial charge on any atom is 0.573 e. The first-order valence-electron chi connectivity index (χ1n) is 14.5. The first-order chi connectivity index (χ1) is 22.3. The molecule has 0 bridgehead atoms. The molecule has 1 saturated heterocycles. The van der Waals surface area contributed by atoms with Crippen molar-refractivity contribution >= 4 is 40.2 Å². The molecule has 0 radical (unpaired) electrons. The summed E-state index contributed by atoms with van der Waals surface area (Å²) in [4.78, 5) is 43.2. The maximum absolute atomic E-state index is 12.9. The zero-order chi connectivity index (χ0) is 33.9. The highest BCUT2D eigenvalue weighted by molar-refractivity contribution is 8.15. The van der Waals surface area contributed by atoms with Gasteiger partial charge in [0, 0.05) is 25.3 Å². The number of hydrogen-bond donors (Lipinski definition) is 1. The van der Waals surface area contributed by atoms with Crippen LogP contribution in [0.3, 0.4) is 0 Å². The highest BCUT2D eigenvalue weighted by atomic mass is 32.2. The predicted octanol–water partition coefficient (Wildman–Crippen LogP) is 6.86. The van der Waals surface area contributed by atoms with Gasteiger partial charge in [-0.1, -0.05) is 55.9 Å². The second-order valence-corrected chi connectivity index (χ2v) is 12.0. The van der Waals surface area contributed by atoms with Gasteiger partial charge >= 0.3 is 12.4 Å². The number of hydroxylamine groups is 1. The molecule has 1 unspecified atom stereocenters. The molecule has 1 fully saturated rings. The number of alkyl halides is 3. The van der Waals surface area contributed by atoms with E-state index < -0.39 is 18.5 Å². The van der Waals surface area contributed by atoms with E-state index in [1.165, 1.54) is 51.9 Å². The highest BCUT2D eigenvalue weighted by Crippen LogP contribution is 2.36. The van der Waals surface area contributed by atoms with Gasteiger partial charge in [0.25, 0.3) is 0 Å². The van der Waals surface area contributed by atoms with Crippen molar-refractivity contribution in [3.63, 3.8) is 0 Å². The van der Waals surface area contributed by atoms with E-state index in [0.717, 1.165) is 16.8 Å². The number of nitrogens with one attached hydrogen (secondary N) is 1. The van der Waals surface area contributed by atoms with Gasteiger partial charge in [0.1, 0.15) is 18.2 Å². The summed E-state index contributed by atoms with van der Waals surface area (Å²) in [6.45, 7) is 5.83. The summed E-state index contributed by atoms with van der Waals surface area (Å²) >= 11 is 1.19. The molecule has 0 saturated carbocycles. The Bertz CT molecular complexity index is 1770. The Morgan fingerprint density at radius 3 is 2.38 bits per heavy atom. The van der Waals surface area contributed by atoms with Crippen molar-refractivity contribution in [3.05, 3.63) is 84.2 Å². The van der Waals surface area contributed by atoms with Crippen LogP contribution >= 0.6 is 11.8 Å². The van der Waals surface area contributed by atoms with Crippen LogP contribution < -0.4 is 20.0 Å². The molecular formula is C32H32F3N7O4S. The van der Waals surface area contributed by atoms with E-state index in [0.29, 0.717) is 22.8 Å². The Morgan fingerprint density at radius 1 is 1.04 bits per heavy atom. The largest absolute Gasteiger partial charge is 0.573 e. The van der Waals surface area contributed by atoms with Crippen molar-refractivity contribution in [1.82, 2.24) is 20.2 Å². The number of rotatable bonds is 9. The maximum atomic E-state index is 12.9. The number of halogens is 3. The number of nitrogens with zero attached hydrogens (tertiary/aromatic N) is 6. The summed E-state index contributed by atoms with van der Waals surface area (Å²) in [5, 5.41) is 4.67. The van der Waals surface area contributed by atoms with E-state index in [9.17, 15) is 22.8 Å². The SMILES string of the molecule is CC(C)c1ccc(N(C)C)cc1N1C(=O)CS/C1=N\C(=O)NOC(C)c1ccc(-c2ncn(-c3ccc(OC(F)(F)F)cc3)n2)cc1. The number of amidine groups is 1. The van der Waals surface area contributed by atoms with E-state index in [4.69, 9.17) is 4.84 Å². The smallest absolute Gasteiger partial charge is 0.406 e. The first kappa shape index (κ1) is 33.5. The van der Waals surface area contributed by atoms with Gasteiger partial charge in [-0.3, -0.25) is 14.5 Å². The average Bonchev–Trinajstić information content (AvgIpc) is 3.66. The van der Waals surface area contributed by atoms with Crippen molar-refractivity contribution < 1.29 is 32.3 Å². The van der Waals surface area contributed by atoms with E-state index in [-0.39, 0.29) is 28.5 Å². The van der Waals surface area contributed by atoms with Gasteiger partial charge in [-0.15, -0.1) is 18.3 Å². The lowest BCUT2D eigenvalue weighted by Crippen LogP contribution is -2.32. The third-order valence-electron chi connectivity index (χ3n) is 7.14. The number of benzene rings is 3. The van der Waals surface area contributed by atoms with Crippen molar-refractivity contribution in [3.8, 4) is 22.8 Å². The lowest BCUT2D eigenvalue weighted by Gasteiger charge is -2.24. The molecule has 2 heterocycles. The third-order valence-corrected chi connectivity index (χ3v) is 8.07. The topological polar surface area (TPSA) is 114 Å². The highest BCUT2D eigenvalue weighted by Gasteiger charge is 2.33. The number of carbonyl (C=O) groups excluding carboxylic acids is 2. The average molecular weight is 668 g/mol. The molecular weight excluding hydrogens is 635 g/mol. The molecule has 0 aliphatic carbocycles. The molecule has 3 amide bonds. The molecule has 4 aromatic rings. The molecule has 1 atom stereocenters. The van der Waals surface area contributed by atoms with E-state index in [1.54, 1.807) is 31.2 Å². The van der Waals surface area contributed by atoms with Crippen LogP contribution in [0.15, 0.2) is 78.0 Å². The lowest BCUT2D eigenvalue weighted by atomic mass is 9.99. The normalized spacial score (nSPS) is 15.0. The fourth-order valence-electron chi connectivity index (χ4n) is 4.71. The molecule has 47 heavy (non-hydrogen) atoms. The Balaban J connectivity index is 1.22. The van der Waals surface area contributed by atoms with Gasteiger partial charge in [-0.05, 0) is 60.4 Å². The van der Waals surface area contributed by atoms with Gasteiger partial charge in [0.2, 0.25) is 5.91 Å². The number of ether oxygens (including phenoxy) is 1. The summed E-state index contributed by atoms with van der Waals surface area (Å²) in [6.07, 6.45) is -3.87. The number of thioether (sulfide) groups is 1. The molecule has 1 aliphatic heterocycles. The Labute approximate surface area is 273 Å². The number of aromatic nitrogens is 3. The van der Waals surface area contributed by atoms with Crippen molar-refractivity contribution in [1.29, 1.82) is 0 Å². The second kappa shape index (κ2) is 13.8. The van der Waals surface area contributed by atoms with Crippen LogP contribution in [0.2, 0.25) is 0 Å². The fourth-order valence-corrected chi connectivity index (χ4v) is 5.57. The molecule has 5 rings (SSSR count). The van der Waals surface area contributed by atoms with Gasteiger partial charge < -0.3 is 9.64 Å². The van der Waals surface area contributed by atoms with Gasteiger partial charge in [-0.25, -0.2) is 19.9 Å². The van der Waals surface area contributed by atoms with Crippen LogP contribution in [0.25, 0.3) is 17.1 Å². The number of anilines is 2. The monoisotopic (exact) mass is 667 g/mol. The Hall–Kier alpha value is -4.89. The van der Waals surface area contributed by atoms with Crippen LogP contribution in [0.5, 0.6) is 5.75 Å². The minimum atomic E-state index is -4.77. The van der Waals surface area contributed by atoms with Gasteiger partial charge in [0.05, 0.1) is 17.1 Å². The van der Waals surface area contributed by atoms with Crippen LogP contribution in [-0.4, -0.2) is 58.1 Å². The minimum Gasteiger partial charge on any atom is -0.406 e. The molecule has 0 spiro atoms. The van der Waals surface area contributed by atoms with E-state index in [2.05, 4.69) is 25.3 Å². The lowest BCUT2D eigenvalue weighted by molar-refractivity contribution is -0.274. The molecule has 15 heteroatoms. The quantitative estimate of drug-likeness (QED) is 0.193. The molecule has 1 aliphatic rings. The summed E-state index contributed by atoms with van der Waals surface area (Å²) in [5.74, 6) is 0.198. The molecule has 246 valence electrons. The number of amides is 3. The number of carbonyl (C=O) groups is 2. The number of urea groups is 1. The number of aliphatic imine (C=N–C) groups is 1. The second-order valence-electron chi connectivity index (χ2n) is 11.0. The summed E-state index contributed by atoms with van der Waals surface area (Å²) < 4.78 is 42.6. The summed E-state index contributed by atoms with van der Waals surface area (Å²) in [5.41, 5.74) is 6.86. The zero-order valence-corrected chi connectivity index (χ0v) is 27.0. The van der Waals surface area contributed by atoms with Crippen molar-refractivity contribution in [2.45, 2.75) is 39.2 Å². The zero-order valence-electron chi connectivity index (χ0n) is 26.1. The van der Waals surface area contributed by atoms with Crippen LogP contribution in [0, 0.1) is 0 Å². The van der Waals surface area contributed by atoms with Crippen LogP contribution in [0.4, 0.5) is 29.3 Å². The van der Waals surface area contributed by atoms with Crippen LogP contribution in [0.1, 0.15) is 43.9 Å². The Morgan fingerprint density at radius 2 is 1.74 bits per heavy atom. The molecule has 1 aromatic heterocycles. The first-order valence-corrected chi connectivity index (χ1v) is 15.5. The third kappa shape index (κ3) is 8.10. The van der Waals surface area contributed by atoms with E-state index in [1.807, 2.05) is 51.0 Å². The molecule has 1 N–H and O–H groups in total. The van der Waals surface area contributed by atoms with Crippen LogP contribution in [-0.2, 0) is 9.63 Å². The van der Waals surface area contributed by atoms with Gasteiger partial charge in [-0.2, -0.15) is 4.99 Å². The Kier molecular flexibility index (Phi) is 9.86. The van der Waals surface area contributed by atoms with Crippen molar-refractivity contribution in [2.75, 3.05) is 29.6 Å². The minimum absolute atomic E-state index is 0.138. The number of hydrogen-bond acceptors (Lipinski definition) is 8. The molecule has 3 aromatic carbocycles. The van der Waals surface area contributed by atoms with E-state index >= 15 is 0 Å². The van der Waals surface area contributed by atoms with Gasteiger partial charge in [0.15, 0.2) is 11.0 Å².